The van der Waals surface area contributed by atoms with Crippen LogP contribution in [0.5, 0.6) is 0 Å². The average Bonchev–Trinajstić information content (AvgIpc) is 2.59. The van der Waals surface area contributed by atoms with Gasteiger partial charge in [-0.2, -0.15) is 13.2 Å². The molecule has 0 radical (unpaired) electrons. The van der Waals surface area contributed by atoms with Crippen LogP contribution in [0.4, 0.5) is 29.3 Å². The van der Waals surface area contributed by atoms with E-state index in [1.54, 1.807) is 36.4 Å². The number of anilines is 2. The quantitative estimate of drug-likeness (QED) is 0.633. The number of para-hydroxylation sites is 2. The molecule has 0 aliphatic rings. The van der Waals surface area contributed by atoms with Crippen molar-refractivity contribution in [3.05, 3.63) is 59.7 Å². The molecule has 0 aliphatic heterocycles. The zero-order valence-corrected chi connectivity index (χ0v) is 13.6. The molecule has 138 valence electrons. The van der Waals surface area contributed by atoms with Gasteiger partial charge in [0.15, 0.2) is 0 Å². The van der Waals surface area contributed by atoms with E-state index in [4.69, 9.17) is 5.73 Å². The summed E-state index contributed by atoms with van der Waals surface area (Å²) in [5, 5.41) is 7.25. The Bertz CT molecular complexity index is 776. The molecule has 2 aromatic rings. The first-order valence-electron chi connectivity index (χ1n) is 7.58. The number of nitrogens with one attached hydrogen (secondary N) is 3. The maximum atomic E-state index is 12.4. The summed E-state index contributed by atoms with van der Waals surface area (Å²) >= 11 is 0. The second kappa shape index (κ2) is 8.24. The first kappa shape index (κ1) is 19.1. The van der Waals surface area contributed by atoms with Crippen molar-refractivity contribution in [2.75, 3.05) is 17.2 Å². The zero-order chi connectivity index (χ0) is 19.2. The van der Waals surface area contributed by atoms with Crippen LogP contribution in [0, 0.1) is 0 Å². The molecule has 0 bridgehead atoms. The Morgan fingerprint density at radius 2 is 1.58 bits per heavy atom. The molecule has 3 amide bonds. The minimum Gasteiger partial charge on any atom is -0.375 e. The van der Waals surface area contributed by atoms with Gasteiger partial charge in [0.05, 0.1) is 11.4 Å². The molecule has 0 saturated heterocycles. The van der Waals surface area contributed by atoms with Gasteiger partial charge in [-0.05, 0) is 29.8 Å². The van der Waals surface area contributed by atoms with Crippen LogP contribution in [0.3, 0.4) is 0 Å². The van der Waals surface area contributed by atoms with E-state index >= 15 is 0 Å². The summed E-state index contributed by atoms with van der Waals surface area (Å²) in [4.78, 5) is 23.0. The van der Waals surface area contributed by atoms with Gasteiger partial charge in [-0.3, -0.25) is 4.79 Å². The standard InChI is InChI=1S/C17H17F3N4O2/c18-17(19,20)10-23-13-3-1-2-4-14(13)24-15(25)12-7-5-11(6-8-12)9-22-16(21)26/h1-8,23H,9-10H2,(H,24,25)(H3,21,22,26). The number of primary amides is 1. The van der Waals surface area contributed by atoms with Crippen LogP contribution < -0.4 is 21.7 Å². The number of urea groups is 1. The number of nitrogens with two attached hydrogens (primary N) is 1. The highest BCUT2D eigenvalue weighted by molar-refractivity contribution is 6.05. The van der Waals surface area contributed by atoms with E-state index in [0.29, 0.717) is 5.56 Å². The number of amides is 3. The van der Waals surface area contributed by atoms with E-state index in [1.807, 2.05) is 0 Å². The highest BCUT2D eigenvalue weighted by atomic mass is 19.4. The molecular formula is C17H17F3N4O2. The normalized spacial score (nSPS) is 10.9. The number of carbonyl (C=O) groups excluding carboxylic acids is 2. The Hall–Kier alpha value is -3.23. The Balaban J connectivity index is 2.04. The Morgan fingerprint density at radius 1 is 0.962 bits per heavy atom. The molecule has 0 fully saturated rings. The number of alkyl halides is 3. The lowest BCUT2D eigenvalue weighted by molar-refractivity contribution is -0.115. The van der Waals surface area contributed by atoms with Gasteiger partial charge in [0, 0.05) is 12.1 Å². The summed E-state index contributed by atoms with van der Waals surface area (Å²) in [6.45, 7) is -0.983. The fourth-order valence-electron chi connectivity index (χ4n) is 2.10. The summed E-state index contributed by atoms with van der Waals surface area (Å²) in [6, 6.07) is 11.8. The van der Waals surface area contributed by atoms with Gasteiger partial charge >= 0.3 is 12.2 Å². The van der Waals surface area contributed by atoms with E-state index in [2.05, 4.69) is 16.0 Å². The van der Waals surface area contributed by atoms with Gasteiger partial charge in [0.2, 0.25) is 0 Å². The SMILES string of the molecule is NC(=O)NCc1ccc(C(=O)Nc2ccccc2NCC(F)(F)F)cc1. The molecule has 6 nitrogen and oxygen atoms in total. The third kappa shape index (κ3) is 6.00. The second-order valence-corrected chi connectivity index (χ2v) is 5.38. The Kier molecular flexibility index (Phi) is 6.05. The van der Waals surface area contributed by atoms with Gasteiger partial charge in [-0.25, -0.2) is 4.79 Å². The van der Waals surface area contributed by atoms with Crippen molar-refractivity contribution in [3.8, 4) is 0 Å². The molecule has 0 spiro atoms. The van der Waals surface area contributed by atoms with Crippen LogP contribution in [-0.4, -0.2) is 24.7 Å². The topological polar surface area (TPSA) is 96.2 Å². The lowest BCUT2D eigenvalue weighted by Gasteiger charge is -2.14. The monoisotopic (exact) mass is 366 g/mol. The third-order valence-corrected chi connectivity index (χ3v) is 3.34. The van der Waals surface area contributed by atoms with Crippen molar-refractivity contribution in [1.29, 1.82) is 0 Å². The van der Waals surface area contributed by atoms with Gasteiger partial charge in [-0.1, -0.05) is 24.3 Å². The van der Waals surface area contributed by atoms with Crippen LogP contribution in [0.25, 0.3) is 0 Å². The Labute approximate surface area is 147 Å². The molecule has 0 saturated carbocycles. The van der Waals surface area contributed by atoms with E-state index in [-0.39, 0.29) is 17.9 Å². The number of hydrogen-bond donors (Lipinski definition) is 4. The second-order valence-electron chi connectivity index (χ2n) is 5.38. The van der Waals surface area contributed by atoms with Crippen molar-refractivity contribution in [2.45, 2.75) is 12.7 Å². The van der Waals surface area contributed by atoms with Crippen LogP contribution in [-0.2, 0) is 6.54 Å². The third-order valence-electron chi connectivity index (χ3n) is 3.34. The number of rotatable bonds is 6. The molecule has 0 unspecified atom stereocenters. The van der Waals surface area contributed by atoms with Gasteiger partial charge in [0.1, 0.15) is 6.54 Å². The van der Waals surface area contributed by atoms with Crippen LogP contribution >= 0.6 is 0 Å². The van der Waals surface area contributed by atoms with Crippen molar-refractivity contribution in [2.24, 2.45) is 5.73 Å². The molecule has 0 heterocycles. The first-order valence-corrected chi connectivity index (χ1v) is 7.58. The molecule has 2 rings (SSSR count). The lowest BCUT2D eigenvalue weighted by atomic mass is 10.1. The molecule has 9 heteroatoms. The summed E-state index contributed by atoms with van der Waals surface area (Å²) in [5.41, 5.74) is 6.44. The smallest absolute Gasteiger partial charge is 0.375 e. The van der Waals surface area contributed by atoms with Crippen molar-refractivity contribution < 1.29 is 22.8 Å². The van der Waals surface area contributed by atoms with Crippen molar-refractivity contribution >= 4 is 23.3 Å². The highest BCUT2D eigenvalue weighted by Gasteiger charge is 2.27. The number of benzene rings is 2. The Morgan fingerprint density at radius 3 is 2.15 bits per heavy atom. The number of hydrogen-bond acceptors (Lipinski definition) is 3. The van der Waals surface area contributed by atoms with Gasteiger partial charge < -0.3 is 21.7 Å². The minimum atomic E-state index is -4.37. The first-order chi connectivity index (χ1) is 12.2. The fourth-order valence-corrected chi connectivity index (χ4v) is 2.10. The summed E-state index contributed by atoms with van der Waals surface area (Å²) in [5.74, 6) is -0.472. The maximum Gasteiger partial charge on any atom is 0.405 e. The molecule has 2 aromatic carbocycles. The number of halogens is 3. The maximum absolute atomic E-state index is 12.4. The van der Waals surface area contributed by atoms with E-state index in [9.17, 15) is 22.8 Å². The molecule has 26 heavy (non-hydrogen) atoms. The highest BCUT2D eigenvalue weighted by Crippen LogP contribution is 2.24. The predicted molar refractivity (Wildman–Crippen MR) is 91.8 cm³/mol. The summed E-state index contributed by atoms with van der Waals surface area (Å²) < 4.78 is 37.1. The average molecular weight is 366 g/mol. The molecule has 0 atom stereocenters. The van der Waals surface area contributed by atoms with Crippen LogP contribution in [0.2, 0.25) is 0 Å². The molecule has 0 aromatic heterocycles. The van der Waals surface area contributed by atoms with E-state index in [0.717, 1.165) is 5.56 Å². The summed E-state index contributed by atoms with van der Waals surface area (Å²) in [7, 11) is 0. The zero-order valence-electron chi connectivity index (χ0n) is 13.6. The van der Waals surface area contributed by atoms with Crippen molar-refractivity contribution in [1.82, 2.24) is 5.32 Å². The summed E-state index contributed by atoms with van der Waals surface area (Å²) in [6.07, 6.45) is -4.37. The van der Waals surface area contributed by atoms with Gasteiger partial charge in [0.25, 0.3) is 5.91 Å². The van der Waals surface area contributed by atoms with Crippen LogP contribution in [0.1, 0.15) is 15.9 Å². The van der Waals surface area contributed by atoms with Gasteiger partial charge in [-0.15, -0.1) is 0 Å². The van der Waals surface area contributed by atoms with Crippen molar-refractivity contribution in [3.63, 3.8) is 0 Å². The largest absolute Gasteiger partial charge is 0.405 e. The molecule has 5 N–H and O–H groups in total. The minimum absolute atomic E-state index is 0.167. The molecular weight excluding hydrogens is 349 g/mol. The van der Waals surface area contributed by atoms with Crippen LogP contribution in [0.15, 0.2) is 48.5 Å². The van der Waals surface area contributed by atoms with E-state index < -0.39 is 24.7 Å². The predicted octanol–water partition coefficient (Wildman–Crippen LogP) is 3.08. The number of carbonyl (C=O) groups is 2. The lowest BCUT2D eigenvalue weighted by Crippen LogP contribution is -2.28. The molecule has 0 aliphatic carbocycles. The fraction of sp³-hybridized carbons (Fsp3) is 0.176. The van der Waals surface area contributed by atoms with E-state index in [1.165, 1.54) is 12.1 Å².